The summed E-state index contributed by atoms with van der Waals surface area (Å²) in [5, 5.41) is 15.4. The smallest absolute Gasteiger partial charge is 0.481 e. The molecule has 214 valence electrons. The van der Waals surface area contributed by atoms with Crippen LogP contribution in [-0.4, -0.2) is 85.9 Å². The minimum Gasteiger partial charge on any atom is -0.481 e. The van der Waals surface area contributed by atoms with Crippen LogP contribution in [0.3, 0.4) is 0 Å². The fourth-order valence-corrected chi connectivity index (χ4v) is 4.30. The molecule has 1 saturated heterocycles. The van der Waals surface area contributed by atoms with Crippen LogP contribution in [0.1, 0.15) is 45.1 Å². The van der Waals surface area contributed by atoms with E-state index in [9.17, 15) is 32.4 Å². The number of Topliss-reactive ketones (excluding diaryl/α,β-unsaturated/α-hetero) is 1. The quantitative estimate of drug-likeness (QED) is 0.160. The summed E-state index contributed by atoms with van der Waals surface area (Å²) in [6, 6.07) is 6.17. The fraction of sp³-hybridized carbons (Fsp3) is 0.520. The standard InChI is InChI=1S/C20H27NO7S.C3H4O4.C2H5.K/c1-4-28-19(23)13-18(22)15-9-10-21(20(24)27-2)16(12-15)11-14-5-7-17(8-6-14)29(3,25)26;4-2(5)1-3(6)7;1-2;/h5-8,15-16H,4,9-13H2,1-3H3;1H2,(H,4,5)(H,6,7);1H2,2H3;/q;;-1;+1. The number of hydrogen-bond donors (Lipinski definition) is 2. The number of ketones is 1. The van der Waals surface area contributed by atoms with Crippen LogP contribution in [-0.2, 0) is 44.9 Å². The normalized spacial score (nSPS) is 16.1. The van der Waals surface area contributed by atoms with E-state index in [0.29, 0.717) is 25.8 Å². The molecule has 1 heterocycles. The second kappa shape index (κ2) is 20.1. The van der Waals surface area contributed by atoms with Gasteiger partial charge in [0.1, 0.15) is 18.6 Å². The number of rotatable bonds is 9. The zero-order valence-electron chi connectivity index (χ0n) is 23.0. The first kappa shape index (κ1) is 39.3. The molecule has 0 spiro atoms. The number of esters is 1. The summed E-state index contributed by atoms with van der Waals surface area (Å²) in [7, 11) is -1.99. The number of sulfone groups is 1. The van der Waals surface area contributed by atoms with Crippen molar-refractivity contribution in [3.8, 4) is 0 Å². The number of likely N-dealkylation sites (tertiary alicyclic amines) is 1. The van der Waals surface area contributed by atoms with Gasteiger partial charge in [-0.25, -0.2) is 13.2 Å². The number of hydrogen-bond acceptors (Lipinski definition) is 9. The van der Waals surface area contributed by atoms with Crippen molar-refractivity contribution in [2.75, 3.05) is 26.5 Å². The second-order valence-electron chi connectivity index (χ2n) is 8.07. The zero-order valence-corrected chi connectivity index (χ0v) is 27.0. The van der Waals surface area contributed by atoms with Crippen LogP contribution >= 0.6 is 0 Å². The first-order chi connectivity index (χ1) is 17.8. The molecule has 0 aromatic heterocycles. The Kier molecular flexibility index (Phi) is 20.3. The first-order valence-corrected chi connectivity index (χ1v) is 13.6. The molecule has 0 bridgehead atoms. The number of benzene rings is 1. The third-order valence-corrected chi connectivity index (χ3v) is 6.46. The van der Waals surface area contributed by atoms with E-state index in [1.807, 2.05) is 0 Å². The Bertz CT molecular complexity index is 1050. The summed E-state index contributed by atoms with van der Waals surface area (Å²) in [6.07, 6.45) is 0.897. The predicted molar refractivity (Wildman–Crippen MR) is 136 cm³/mol. The van der Waals surface area contributed by atoms with Gasteiger partial charge < -0.3 is 31.5 Å². The molecule has 1 aliphatic heterocycles. The van der Waals surface area contributed by atoms with Crippen molar-refractivity contribution in [1.29, 1.82) is 0 Å². The molecular weight excluding hydrogens is 561 g/mol. The van der Waals surface area contributed by atoms with E-state index in [-0.39, 0.29) is 87.1 Å². The monoisotopic (exact) mass is 597 g/mol. The largest absolute Gasteiger partial charge is 1.00 e. The van der Waals surface area contributed by atoms with Crippen LogP contribution in [0.2, 0.25) is 0 Å². The molecule has 1 aromatic rings. The van der Waals surface area contributed by atoms with Crippen LogP contribution in [0.15, 0.2) is 29.2 Å². The Balaban J connectivity index is 0. The predicted octanol–water partition coefficient (Wildman–Crippen LogP) is -0.608. The van der Waals surface area contributed by atoms with Gasteiger partial charge in [0.25, 0.3) is 0 Å². The topological polar surface area (TPSA) is 182 Å². The van der Waals surface area contributed by atoms with Crippen LogP contribution < -0.4 is 51.4 Å². The van der Waals surface area contributed by atoms with Crippen molar-refractivity contribution in [3.05, 3.63) is 36.8 Å². The molecule has 1 fully saturated rings. The Morgan fingerprint density at radius 3 is 1.97 bits per heavy atom. The molecule has 0 radical (unpaired) electrons. The molecule has 14 heteroatoms. The van der Waals surface area contributed by atoms with Gasteiger partial charge in [0.05, 0.1) is 18.6 Å². The van der Waals surface area contributed by atoms with Gasteiger partial charge in [-0.1, -0.05) is 12.1 Å². The van der Waals surface area contributed by atoms with Crippen molar-refractivity contribution in [2.24, 2.45) is 5.92 Å². The average Bonchev–Trinajstić information content (AvgIpc) is 2.84. The molecule has 12 nitrogen and oxygen atoms in total. The van der Waals surface area contributed by atoms with Crippen LogP contribution in [0.5, 0.6) is 0 Å². The van der Waals surface area contributed by atoms with Gasteiger partial charge in [-0.15, -0.1) is 0 Å². The number of carboxylic acid groups (broad SMARTS) is 2. The Hall–Kier alpha value is -1.84. The summed E-state index contributed by atoms with van der Waals surface area (Å²) >= 11 is 0. The van der Waals surface area contributed by atoms with E-state index < -0.39 is 40.3 Å². The van der Waals surface area contributed by atoms with E-state index >= 15 is 0 Å². The van der Waals surface area contributed by atoms with Gasteiger partial charge in [0, 0.05) is 24.8 Å². The van der Waals surface area contributed by atoms with Crippen molar-refractivity contribution in [3.63, 3.8) is 0 Å². The Morgan fingerprint density at radius 2 is 1.56 bits per heavy atom. The Labute approximate surface area is 271 Å². The van der Waals surface area contributed by atoms with Gasteiger partial charge in [0.2, 0.25) is 0 Å². The van der Waals surface area contributed by atoms with Crippen LogP contribution in [0.25, 0.3) is 0 Å². The van der Waals surface area contributed by atoms with Crippen LogP contribution in [0, 0.1) is 12.8 Å². The number of carboxylic acids is 2. The van der Waals surface area contributed by atoms with Crippen molar-refractivity contribution in [2.45, 2.75) is 56.9 Å². The number of ether oxygens (including phenoxy) is 2. The van der Waals surface area contributed by atoms with E-state index in [2.05, 4.69) is 6.92 Å². The molecule has 0 aliphatic carbocycles. The molecule has 1 amide bonds. The van der Waals surface area contributed by atoms with E-state index in [4.69, 9.17) is 19.7 Å². The molecule has 2 N–H and O–H groups in total. The summed E-state index contributed by atoms with van der Waals surface area (Å²) in [6.45, 7) is 7.25. The van der Waals surface area contributed by atoms with Gasteiger partial charge in [-0.3, -0.25) is 19.2 Å². The SMILES string of the molecule is CCOC(=O)CC(=O)C1CCN(C(=O)OC)C(Cc2ccc(S(C)(=O)=O)cc2)C1.O=C(O)CC(=O)O.[CH2-]C.[K+]. The second-order valence-corrected chi connectivity index (χ2v) is 10.1. The van der Waals surface area contributed by atoms with Gasteiger partial charge >= 0.3 is 75.4 Å². The molecule has 2 rings (SSSR count). The third-order valence-electron chi connectivity index (χ3n) is 5.33. The number of carbonyl (C=O) groups excluding carboxylic acids is 3. The van der Waals surface area contributed by atoms with Crippen molar-refractivity contribution in [1.82, 2.24) is 4.90 Å². The summed E-state index contributed by atoms with van der Waals surface area (Å²) in [5.41, 5.74) is 0.842. The average molecular weight is 598 g/mol. The summed E-state index contributed by atoms with van der Waals surface area (Å²) < 4.78 is 33.0. The molecule has 39 heavy (non-hydrogen) atoms. The number of methoxy groups -OCH3 is 1. The van der Waals surface area contributed by atoms with Crippen molar-refractivity contribution < 1.29 is 103 Å². The van der Waals surface area contributed by atoms with E-state index in [0.717, 1.165) is 11.8 Å². The zero-order chi connectivity index (χ0) is 29.5. The summed E-state index contributed by atoms with van der Waals surface area (Å²) in [5.74, 6) is -3.70. The van der Waals surface area contributed by atoms with Gasteiger partial charge in [-0.2, -0.15) is 6.92 Å². The number of carbonyl (C=O) groups is 5. The first-order valence-electron chi connectivity index (χ1n) is 11.7. The third kappa shape index (κ3) is 15.5. The van der Waals surface area contributed by atoms with E-state index in [1.54, 1.807) is 30.9 Å². The van der Waals surface area contributed by atoms with Crippen LogP contribution in [0.4, 0.5) is 4.79 Å². The Morgan fingerprint density at radius 1 is 1.03 bits per heavy atom. The van der Waals surface area contributed by atoms with Gasteiger partial charge in [-0.05, 0) is 43.9 Å². The maximum absolute atomic E-state index is 12.5. The van der Waals surface area contributed by atoms with Crippen molar-refractivity contribution >= 4 is 39.6 Å². The molecular formula is C25H36KNO11S. The summed E-state index contributed by atoms with van der Waals surface area (Å²) in [4.78, 5) is 56.9. The van der Waals surface area contributed by atoms with E-state index in [1.165, 1.54) is 19.2 Å². The number of aliphatic carboxylic acids is 2. The molecule has 1 aliphatic rings. The maximum Gasteiger partial charge on any atom is 1.00 e. The fourth-order valence-electron chi connectivity index (χ4n) is 3.67. The maximum atomic E-state index is 12.5. The number of piperidine rings is 1. The minimum atomic E-state index is -3.29. The molecule has 2 atom stereocenters. The molecule has 1 aromatic carbocycles. The molecule has 2 unspecified atom stereocenters. The van der Waals surface area contributed by atoms with Gasteiger partial charge in [0.15, 0.2) is 9.84 Å². The number of nitrogens with zero attached hydrogens (tertiary/aromatic N) is 1. The minimum absolute atomic E-state index is 0. The number of amides is 1. The molecule has 0 saturated carbocycles.